The summed E-state index contributed by atoms with van der Waals surface area (Å²) in [6, 6.07) is 7.38. The van der Waals surface area contributed by atoms with Crippen LogP contribution in [0.25, 0.3) is 0 Å². The van der Waals surface area contributed by atoms with Gasteiger partial charge in [-0.15, -0.1) is 0 Å². The summed E-state index contributed by atoms with van der Waals surface area (Å²) in [4.78, 5) is 22.6. The van der Waals surface area contributed by atoms with Gasteiger partial charge in [-0.2, -0.15) is 0 Å². The van der Waals surface area contributed by atoms with Gasteiger partial charge in [0.15, 0.2) is 0 Å². The molecule has 0 saturated carbocycles. The molecule has 6 heteroatoms. The molecule has 6 nitrogen and oxygen atoms in total. The van der Waals surface area contributed by atoms with Gasteiger partial charge in [0.25, 0.3) is 0 Å². The first-order chi connectivity index (χ1) is 10.6. The molecule has 1 unspecified atom stereocenters. The number of rotatable bonds is 7. The minimum atomic E-state index is -0.0939. The third-order valence-electron chi connectivity index (χ3n) is 3.44. The molecule has 0 aliphatic carbocycles. The van der Waals surface area contributed by atoms with E-state index in [9.17, 15) is 9.59 Å². The van der Waals surface area contributed by atoms with Gasteiger partial charge in [0.2, 0.25) is 11.8 Å². The maximum atomic E-state index is 11.7. The predicted octanol–water partition coefficient (Wildman–Crippen LogP) is 1.74. The van der Waals surface area contributed by atoms with Crippen LogP contribution >= 0.6 is 0 Å². The van der Waals surface area contributed by atoms with E-state index in [1.54, 1.807) is 0 Å². The summed E-state index contributed by atoms with van der Waals surface area (Å²) in [5.74, 6) is -0.0681. The number of carbonyl (C=O) groups excluding carboxylic acids is 2. The predicted molar refractivity (Wildman–Crippen MR) is 85.8 cm³/mol. The van der Waals surface area contributed by atoms with E-state index < -0.39 is 0 Å². The quantitative estimate of drug-likeness (QED) is 0.717. The molecular weight excluding hydrogens is 282 g/mol. The second-order valence-electron chi connectivity index (χ2n) is 5.37. The molecule has 1 aliphatic rings. The summed E-state index contributed by atoms with van der Waals surface area (Å²) in [5, 5.41) is 8.78. The van der Waals surface area contributed by atoms with Gasteiger partial charge in [-0.3, -0.25) is 9.59 Å². The van der Waals surface area contributed by atoms with Crippen molar-refractivity contribution in [3.8, 4) is 0 Å². The fourth-order valence-corrected chi connectivity index (χ4v) is 2.32. The van der Waals surface area contributed by atoms with E-state index in [1.165, 1.54) is 6.92 Å². The van der Waals surface area contributed by atoms with Crippen molar-refractivity contribution >= 4 is 23.2 Å². The van der Waals surface area contributed by atoms with Gasteiger partial charge < -0.3 is 20.7 Å². The van der Waals surface area contributed by atoms with Crippen LogP contribution in [0.15, 0.2) is 24.3 Å². The molecule has 1 aliphatic heterocycles. The minimum Gasteiger partial charge on any atom is -0.385 e. The van der Waals surface area contributed by atoms with Crippen LogP contribution in [0.3, 0.4) is 0 Å². The number of anilines is 2. The van der Waals surface area contributed by atoms with Crippen molar-refractivity contribution in [2.45, 2.75) is 32.3 Å². The van der Waals surface area contributed by atoms with Gasteiger partial charge in [-0.25, -0.2) is 0 Å². The number of benzene rings is 1. The molecule has 3 N–H and O–H groups in total. The van der Waals surface area contributed by atoms with E-state index >= 15 is 0 Å². The molecule has 2 rings (SSSR count). The van der Waals surface area contributed by atoms with Gasteiger partial charge in [-0.1, -0.05) is 0 Å². The maximum Gasteiger partial charge on any atom is 0.221 e. The summed E-state index contributed by atoms with van der Waals surface area (Å²) < 4.78 is 5.46. The van der Waals surface area contributed by atoms with Crippen LogP contribution in [-0.2, 0) is 14.3 Å². The van der Waals surface area contributed by atoms with E-state index in [4.69, 9.17) is 4.74 Å². The SMILES string of the molecule is CC(=O)Nc1ccc(NCCC(=O)NCC2CCCO2)cc1. The van der Waals surface area contributed by atoms with Crippen LogP contribution in [-0.4, -0.2) is 37.6 Å². The van der Waals surface area contributed by atoms with Gasteiger partial charge in [-0.05, 0) is 37.1 Å². The number of nitrogens with one attached hydrogen (secondary N) is 3. The van der Waals surface area contributed by atoms with Crippen LogP contribution in [0.1, 0.15) is 26.2 Å². The number of hydrogen-bond acceptors (Lipinski definition) is 4. The highest BCUT2D eigenvalue weighted by molar-refractivity contribution is 5.88. The van der Waals surface area contributed by atoms with Crippen LogP contribution in [0.4, 0.5) is 11.4 Å². The summed E-state index contributed by atoms with van der Waals surface area (Å²) in [6.45, 7) is 3.44. The smallest absolute Gasteiger partial charge is 0.221 e. The Balaban J connectivity index is 1.62. The highest BCUT2D eigenvalue weighted by Crippen LogP contribution is 2.13. The zero-order valence-corrected chi connectivity index (χ0v) is 12.9. The molecule has 2 amide bonds. The van der Waals surface area contributed by atoms with Gasteiger partial charge in [0.1, 0.15) is 0 Å². The molecule has 0 radical (unpaired) electrons. The van der Waals surface area contributed by atoms with Crippen molar-refractivity contribution in [1.29, 1.82) is 0 Å². The third kappa shape index (κ3) is 5.73. The standard InChI is InChI=1S/C16H23N3O3/c1-12(20)19-14-6-4-13(5-7-14)17-9-8-16(21)18-11-15-3-2-10-22-15/h4-7,15,17H,2-3,8-11H2,1H3,(H,18,21)(H,19,20). The fraction of sp³-hybridized carbons (Fsp3) is 0.500. The summed E-state index contributed by atoms with van der Waals surface area (Å²) in [6.07, 6.45) is 2.70. The zero-order chi connectivity index (χ0) is 15.8. The Labute approximate surface area is 130 Å². The minimum absolute atomic E-state index is 0.0258. The number of hydrogen-bond donors (Lipinski definition) is 3. The maximum absolute atomic E-state index is 11.7. The largest absolute Gasteiger partial charge is 0.385 e. The third-order valence-corrected chi connectivity index (χ3v) is 3.44. The molecular formula is C16H23N3O3. The van der Waals surface area contributed by atoms with Gasteiger partial charge >= 0.3 is 0 Å². The Hall–Kier alpha value is -2.08. The van der Waals surface area contributed by atoms with Crippen LogP contribution < -0.4 is 16.0 Å². The summed E-state index contributed by atoms with van der Waals surface area (Å²) in [5.41, 5.74) is 1.67. The van der Waals surface area contributed by atoms with Crippen molar-refractivity contribution in [3.05, 3.63) is 24.3 Å². The molecule has 1 fully saturated rings. The van der Waals surface area contributed by atoms with Crippen molar-refractivity contribution in [3.63, 3.8) is 0 Å². The Bertz CT molecular complexity index is 496. The molecule has 1 atom stereocenters. The van der Waals surface area contributed by atoms with E-state index in [0.29, 0.717) is 19.5 Å². The number of ether oxygens (including phenoxy) is 1. The zero-order valence-electron chi connectivity index (χ0n) is 12.9. The molecule has 1 aromatic rings. The van der Waals surface area contributed by atoms with Gasteiger partial charge in [0.05, 0.1) is 6.10 Å². The van der Waals surface area contributed by atoms with E-state index in [1.807, 2.05) is 24.3 Å². The molecule has 22 heavy (non-hydrogen) atoms. The normalized spacial score (nSPS) is 17.0. The second-order valence-corrected chi connectivity index (χ2v) is 5.37. The average molecular weight is 305 g/mol. The highest BCUT2D eigenvalue weighted by Gasteiger charge is 2.15. The fourth-order valence-electron chi connectivity index (χ4n) is 2.32. The molecule has 0 aromatic heterocycles. The topological polar surface area (TPSA) is 79.5 Å². The van der Waals surface area contributed by atoms with Crippen LogP contribution in [0, 0.1) is 0 Å². The Morgan fingerprint density at radius 1 is 1.23 bits per heavy atom. The molecule has 1 saturated heterocycles. The molecule has 1 aromatic carbocycles. The van der Waals surface area contributed by atoms with Crippen molar-refractivity contribution in [2.24, 2.45) is 0 Å². The Kier molecular flexibility index (Phi) is 6.21. The molecule has 0 spiro atoms. The average Bonchev–Trinajstić information content (AvgIpc) is 3.00. The molecule has 120 valence electrons. The van der Waals surface area contributed by atoms with Gasteiger partial charge in [0, 0.05) is 44.4 Å². The van der Waals surface area contributed by atoms with E-state index in [-0.39, 0.29) is 17.9 Å². The lowest BCUT2D eigenvalue weighted by Gasteiger charge is -2.11. The van der Waals surface area contributed by atoms with Crippen molar-refractivity contribution < 1.29 is 14.3 Å². The lowest BCUT2D eigenvalue weighted by Crippen LogP contribution is -2.32. The number of amides is 2. The lowest BCUT2D eigenvalue weighted by molar-refractivity contribution is -0.121. The van der Waals surface area contributed by atoms with Crippen LogP contribution in [0.2, 0.25) is 0 Å². The van der Waals surface area contributed by atoms with Crippen molar-refractivity contribution in [1.82, 2.24) is 5.32 Å². The van der Waals surface area contributed by atoms with Crippen LogP contribution in [0.5, 0.6) is 0 Å². The Morgan fingerprint density at radius 3 is 2.59 bits per heavy atom. The first-order valence-corrected chi connectivity index (χ1v) is 7.63. The summed E-state index contributed by atoms with van der Waals surface area (Å²) >= 11 is 0. The van der Waals surface area contributed by atoms with E-state index in [2.05, 4.69) is 16.0 Å². The lowest BCUT2D eigenvalue weighted by atomic mass is 10.2. The Morgan fingerprint density at radius 2 is 1.95 bits per heavy atom. The molecule has 0 bridgehead atoms. The molecule has 1 heterocycles. The first kappa shape index (κ1) is 16.3. The van der Waals surface area contributed by atoms with Crippen molar-refractivity contribution in [2.75, 3.05) is 30.3 Å². The number of carbonyl (C=O) groups is 2. The monoisotopic (exact) mass is 305 g/mol. The summed E-state index contributed by atoms with van der Waals surface area (Å²) in [7, 11) is 0. The highest BCUT2D eigenvalue weighted by atomic mass is 16.5. The first-order valence-electron chi connectivity index (χ1n) is 7.63. The second kappa shape index (κ2) is 8.38. The van der Waals surface area contributed by atoms with E-state index in [0.717, 1.165) is 30.8 Å².